The summed E-state index contributed by atoms with van der Waals surface area (Å²) in [5, 5.41) is 1.04. The van der Waals surface area contributed by atoms with E-state index >= 15 is 0 Å². The fourth-order valence-electron chi connectivity index (χ4n) is 0.911. The Kier molecular flexibility index (Phi) is 3.40. The highest BCUT2D eigenvalue weighted by molar-refractivity contribution is 14.1. The molecule has 0 aliphatic rings. The molecular formula is C10H12IOSi. The summed E-state index contributed by atoms with van der Waals surface area (Å²) in [6, 6.07) is 6.03. The summed E-state index contributed by atoms with van der Waals surface area (Å²) in [6.45, 7) is 6.14. The van der Waals surface area contributed by atoms with E-state index in [0.29, 0.717) is 0 Å². The van der Waals surface area contributed by atoms with Gasteiger partial charge in [-0.3, -0.25) is 0 Å². The van der Waals surface area contributed by atoms with Crippen LogP contribution < -0.4 is 9.92 Å². The molecule has 0 spiro atoms. The molecule has 69 valence electrons. The first-order valence-electron chi connectivity index (χ1n) is 4.09. The van der Waals surface area contributed by atoms with Gasteiger partial charge in [-0.2, -0.15) is 0 Å². The van der Waals surface area contributed by atoms with Crippen LogP contribution in [0.1, 0.15) is 20.8 Å². The average Bonchev–Trinajstić information content (AvgIpc) is 1.94. The van der Waals surface area contributed by atoms with E-state index in [1.54, 1.807) is 0 Å². The van der Waals surface area contributed by atoms with Crippen molar-refractivity contribution in [2.45, 2.75) is 26.4 Å². The van der Waals surface area contributed by atoms with E-state index in [4.69, 9.17) is 4.74 Å². The van der Waals surface area contributed by atoms with Crippen LogP contribution >= 0.6 is 22.6 Å². The van der Waals surface area contributed by atoms with Crippen molar-refractivity contribution in [3.63, 3.8) is 0 Å². The Bertz CT molecular complexity index is 304. The van der Waals surface area contributed by atoms with Crippen LogP contribution in [0.4, 0.5) is 0 Å². The zero-order valence-electron chi connectivity index (χ0n) is 8.02. The summed E-state index contributed by atoms with van der Waals surface area (Å²) >= 11 is 2.27. The molecule has 3 heteroatoms. The molecule has 0 unspecified atom stereocenters. The molecule has 0 aliphatic heterocycles. The molecule has 0 aromatic heterocycles. The molecule has 1 nitrogen and oxygen atoms in total. The van der Waals surface area contributed by atoms with Crippen LogP contribution in [-0.4, -0.2) is 15.8 Å². The Hall–Kier alpha value is -0.0331. The Morgan fingerprint density at radius 3 is 2.46 bits per heavy atom. The van der Waals surface area contributed by atoms with Crippen molar-refractivity contribution in [2.24, 2.45) is 0 Å². The number of hydrogen-bond donors (Lipinski definition) is 0. The van der Waals surface area contributed by atoms with Crippen molar-refractivity contribution in [3.8, 4) is 5.75 Å². The second-order valence-electron chi connectivity index (χ2n) is 3.86. The van der Waals surface area contributed by atoms with Crippen molar-refractivity contribution >= 4 is 38.0 Å². The van der Waals surface area contributed by atoms with Crippen LogP contribution in [0.2, 0.25) is 0 Å². The highest BCUT2D eigenvalue weighted by atomic mass is 127. The van der Waals surface area contributed by atoms with Gasteiger partial charge in [0.2, 0.25) is 0 Å². The third kappa shape index (κ3) is 3.68. The van der Waals surface area contributed by atoms with Crippen LogP contribution in [0.15, 0.2) is 18.2 Å². The fourth-order valence-corrected chi connectivity index (χ4v) is 1.57. The zero-order valence-corrected chi connectivity index (χ0v) is 11.2. The van der Waals surface area contributed by atoms with Crippen LogP contribution in [0, 0.1) is 3.57 Å². The quantitative estimate of drug-likeness (QED) is 0.571. The van der Waals surface area contributed by atoms with Gasteiger partial charge in [-0.05, 0) is 55.5 Å². The van der Waals surface area contributed by atoms with Crippen molar-refractivity contribution in [1.29, 1.82) is 0 Å². The topological polar surface area (TPSA) is 9.23 Å². The van der Waals surface area contributed by atoms with Crippen molar-refractivity contribution in [3.05, 3.63) is 21.8 Å². The summed E-state index contributed by atoms with van der Waals surface area (Å²) in [6.07, 6.45) is 0. The summed E-state index contributed by atoms with van der Waals surface area (Å²) in [4.78, 5) is 0. The molecule has 0 atom stereocenters. The lowest BCUT2D eigenvalue weighted by Gasteiger charge is -2.22. The van der Waals surface area contributed by atoms with Gasteiger partial charge in [0.1, 0.15) is 11.4 Å². The average molecular weight is 303 g/mol. The van der Waals surface area contributed by atoms with Gasteiger partial charge in [-0.15, -0.1) is 0 Å². The maximum atomic E-state index is 5.77. The molecule has 1 aromatic carbocycles. The molecule has 13 heavy (non-hydrogen) atoms. The van der Waals surface area contributed by atoms with E-state index < -0.39 is 0 Å². The zero-order chi connectivity index (χ0) is 10.1. The molecule has 3 radical (unpaired) electrons. The Labute approximate surface area is 96.4 Å². The molecule has 1 rings (SSSR count). The van der Waals surface area contributed by atoms with Crippen molar-refractivity contribution in [1.82, 2.24) is 0 Å². The minimum Gasteiger partial charge on any atom is -0.487 e. The highest BCUT2D eigenvalue weighted by Gasteiger charge is 2.13. The first-order valence-corrected chi connectivity index (χ1v) is 5.66. The number of hydrogen-bond acceptors (Lipinski definition) is 1. The lowest BCUT2D eigenvalue weighted by Crippen LogP contribution is -2.24. The number of ether oxygens (including phenoxy) is 1. The first-order chi connectivity index (χ1) is 5.88. The van der Waals surface area contributed by atoms with Gasteiger partial charge in [-0.1, -0.05) is 11.3 Å². The van der Waals surface area contributed by atoms with Crippen molar-refractivity contribution < 1.29 is 4.74 Å². The van der Waals surface area contributed by atoms with Crippen molar-refractivity contribution in [2.75, 3.05) is 0 Å². The minimum atomic E-state index is -0.139. The van der Waals surface area contributed by atoms with Gasteiger partial charge < -0.3 is 4.74 Å². The predicted octanol–water partition coefficient (Wildman–Crippen LogP) is 2.26. The van der Waals surface area contributed by atoms with Crippen LogP contribution in [0.3, 0.4) is 0 Å². The van der Waals surface area contributed by atoms with E-state index in [9.17, 15) is 0 Å². The molecule has 0 N–H and O–H groups in total. The van der Waals surface area contributed by atoms with E-state index in [-0.39, 0.29) is 5.60 Å². The smallest absolute Gasteiger partial charge is 0.133 e. The molecular weight excluding hydrogens is 291 g/mol. The Morgan fingerprint density at radius 1 is 1.31 bits per heavy atom. The lowest BCUT2D eigenvalue weighted by molar-refractivity contribution is 0.130. The van der Waals surface area contributed by atoms with Gasteiger partial charge in [0.05, 0.1) is 13.8 Å². The normalized spacial score (nSPS) is 11.5. The number of halogens is 1. The third-order valence-corrected chi connectivity index (χ3v) is 2.55. The van der Waals surface area contributed by atoms with Crippen LogP contribution in [0.5, 0.6) is 5.75 Å². The first kappa shape index (κ1) is 11.0. The summed E-state index contributed by atoms with van der Waals surface area (Å²) in [7, 11) is 3.47. The number of benzene rings is 1. The van der Waals surface area contributed by atoms with E-state index in [1.165, 1.54) is 0 Å². The van der Waals surface area contributed by atoms with Gasteiger partial charge in [0, 0.05) is 0 Å². The monoisotopic (exact) mass is 303 g/mol. The molecule has 0 amide bonds. The molecule has 0 saturated carbocycles. The van der Waals surface area contributed by atoms with Crippen LogP contribution in [-0.2, 0) is 0 Å². The summed E-state index contributed by atoms with van der Waals surface area (Å²) in [5.41, 5.74) is -0.139. The maximum absolute atomic E-state index is 5.77. The second kappa shape index (κ2) is 4.00. The molecule has 1 aromatic rings. The fraction of sp³-hybridized carbons (Fsp3) is 0.400. The summed E-state index contributed by atoms with van der Waals surface area (Å²) < 4.78 is 6.91. The third-order valence-electron chi connectivity index (χ3n) is 1.35. The highest BCUT2D eigenvalue weighted by Crippen LogP contribution is 2.23. The standard InChI is InChI=1S/C10H12IOSi/c1-10(2,3)12-9-6-7(13)4-5-8(9)11/h4-6H,1-3H3. The maximum Gasteiger partial charge on any atom is 0.133 e. The van der Waals surface area contributed by atoms with E-state index in [0.717, 1.165) is 14.5 Å². The van der Waals surface area contributed by atoms with Gasteiger partial charge in [0.15, 0.2) is 0 Å². The van der Waals surface area contributed by atoms with Gasteiger partial charge in [0.25, 0.3) is 0 Å². The van der Waals surface area contributed by atoms with Gasteiger partial charge in [-0.25, -0.2) is 0 Å². The molecule has 0 fully saturated rings. The largest absolute Gasteiger partial charge is 0.487 e. The molecule has 0 heterocycles. The number of rotatable bonds is 1. The van der Waals surface area contributed by atoms with E-state index in [2.05, 4.69) is 32.8 Å². The Morgan fingerprint density at radius 2 is 1.92 bits per heavy atom. The molecule has 0 aliphatic carbocycles. The van der Waals surface area contributed by atoms with E-state index in [1.807, 2.05) is 39.0 Å². The van der Waals surface area contributed by atoms with Crippen LogP contribution in [0.25, 0.3) is 0 Å². The predicted molar refractivity (Wildman–Crippen MR) is 64.9 cm³/mol. The summed E-state index contributed by atoms with van der Waals surface area (Å²) in [5.74, 6) is 0.931. The lowest BCUT2D eigenvalue weighted by atomic mass is 10.2. The Balaban J connectivity index is 2.94. The molecule has 0 saturated heterocycles. The molecule has 0 bridgehead atoms. The van der Waals surface area contributed by atoms with Gasteiger partial charge >= 0.3 is 0 Å². The SMILES string of the molecule is CC(C)(C)Oc1cc([Si])ccc1I. The minimum absolute atomic E-state index is 0.139. The second-order valence-corrected chi connectivity index (χ2v) is 5.60.